The molecule has 0 aromatic carbocycles. The maximum absolute atomic E-state index is 11.6. The molecule has 4 heteroatoms. The van der Waals surface area contributed by atoms with Crippen LogP contribution in [0.25, 0.3) is 11.0 Å². The quantitative estimate of drug-likeness (QED) is 0.808. The number of H-pyrrole nitrogens is 2. The van der Waals surface area contributed by atoms with E-state index in [1.165, 1.54) is 6.33 Å². The monoisotopic (exact) mass is 241 g/mol. The highest BCUT2D eigenvalue weighted by Gasteiger charge is 2.08. The molecule has 0 aliphatic rings. The molecular weight excluding hydrogens is 226 g/mol. The molecule has 2 aromatic rings. The number of aromatic nitrogens is 3. The summed E-state index contributed by atoms with van der Waals surface area (Å²) in [6.07, 6.45) is 11.7. The molecule has 0 radical (unpaired) electrons. The summed E-state index contributed by atoms with van der Waals surface area (Å²) in [7, 11) is 0. The SMILES string of the molecule is C=C/C=C(\C=C\C)Cc1c[nH]c2c(=O)[nH]cnc12. The highest BCUT2D eigenvalue weighted by molar-refractivity contribution is 5.78. The molecule has 2 rings (SSSR count). The summed E-state index contributed by atoms with van der Waals surface area (Å²) in [4.78, 5) is 21.3. The lowest BCUT2D eigenvalue weighted by atomic mass is 10.1. The van der Waals surface area contributed by atoms with Gasteiger partial charge >= 0.3 is 0 Å². The number of nitrogens with one attached hydrogen (secondary N) is 2. The van der Waals surface area contributed by atoms with Gasteiger partial charge in [0.15, 0.2) is 0 Å². The minimum Gasteiger partial charge on any atom is -0.355 e. The van der Waals surface area contributed by atoms with Gasteiger partial charge in [-0.3, -0.25) is 4.79 Å². The predicted molar refractivity (Wildman–Crippen MR) is 73.5 cm³/mol. The molecule has 0 aliphatic heterocycles. The Labute approximate surface area is 105 Å². The van der Waals surface area contributed by atoms with Crippen molar-refractivity contribution in [3.63, 3.8) is 0 Å². The van der Waals surface area contributed by atoms with Gasteiger partial charge in [0.2, 0.25) is 0 Å². The highest BCUT2D eigenvalue weighted by Crippen LogP contribution is 2.16. The molecule has 18 heavy (non-hydrogen) atoms. The van der Waals surface area contributed by atoms with Crippen LogP contribution in [0.3, 0.4) is 0 Å². The third-order valence-electron chi connectivity index (χ3n) is 2.66. The van der Waals surface area contributed by atoms with Crippen molar-refractivity contribution in [1.82, 2.24) is 15.0 Å². The van der Waals surface area contributed by atoms with Crippen molar-refractivity contribution in [2.75, 3.05) is 0 Å². The zero-order chi connectivity index (χ0) is 13.0. The number of rotatable bonds is 4. The van der Waals surface area contributed by atoms with Crippen molar-refractivity contribution in [3.8, 4) is 0 Å². The first-order chi connectivity index (χ1) is 8.76. The summed E-state index contributed by atoms with van der Waals surface area (Å²) in [5, 5.41) is 0. The number of nitrogens with zero attached hydrogens (tertiary/aromatic N) is 1. The van der Waals surface area contributed by atoms with Crippen LogP contribution in [0.5, 0.6) is 0 Å². The van der Waals surface area contributed by atoms with Gasteiger partial charge in [0.25, 0.3) is 5.56 Å². The average molecular weight is 241 g/mol. The number of allylic oxidation sites excluding steroid dienone is 5. The standard InChI is InChI=1S/C14H15N3O/c1-3-5-10(6-4-2)7-11-8-15-13-12(11)16-9-17-14(13)18/h3-6,8-9,15H,1,7H2,2H3,(H,16,17,18)/b6-4+,10-5+. The molecule has 2 heterocycles. The van der Waals surface area contributed by atoms with Crippen LogP contribution in [0.1, 0.15) is 12.5 Å². The van der Waals surface area contributed by atoms with E-state index in [0.717, 1.165) is 16.7 Å². The van der Waals surface area contributed by atoms with E-state index >= 15 is 0 Å². The molecule has 0 amide bonds. The van der Waals surface area contributed by atoms with Crippen molar-refractivity contribution in [2.45, 2.75) is 13.3 Å². The van der Waals surface area contributed by atoms with E-state index in [1.807, 2.05) is 31.3 Å². The molecule has 0 spiro atoms. The van der Waals surface area contributed by atoms with Gasteiger partial charge in [0.05, 0.1) is 11.8 Å². The Kier molecular flexibility index (Phi) is 3.57. The lowest BCUT2D eigenvalue weighted by molar-refractivity contribution is 1.15. The summed E-state index contributed by atoms with van der Waals surface area (Å²) in [5.74, 6) is 0. The second-order valence-electron chi connectivity index (χ2n) is 3.92. The summed E-state index contributed by atoms with van der Waals surface area (Å²) in [5.41, 5.74) is 3.22. The molecular formula is C14H15N3O. The summed E-state index contributed by atoms with van der Waals surface area (Å²) < 4.78 is 0. The van der Waals surface area contributed by atoms with Gasteiger partial charge in [-0.25, -0.2) is 4.98 Å². The third kappa shape index (κ3) is 2.32. The van der Waals surface area contributed by atoms with Crippen LogP contribution in [0.4, 0.5) is 0 Å². The van der Waals surface area contributed by atoms with Gasteiger partial charge in [-0.05, 0) is 12.5 Å². The molecule has 0 aliphatic carbocycles. The minimum absolute atomic E-state index is 0.147. The first kappa shape index (κ1) is 12.1. The van der Waals surface area contributed by atoms with E-state index in [2.05, 4.69) is 21.5 Å². The van der Waals surface area contributed by atoms with E-state index in [-0.39, 0.29) is 5.56 Å². The third-order valence-corrected chi connectivity index (χ3v) is 2.66. The Morgan fingerprint density at radius 2 is 2.33 bits per heavy atom. The summed E-state index contributed by atoms with van der Waals surface area (Å²) in [6.45, 7) is 5.67. The number of hydrogen-bond donors (Lipinski definition) is 2. The molecule has 4 nitrogen and oxygen atoms in total. The molecule has 0 unspecified atom stereocenters. The van der Waals surface area contributed by atoms with Gasteiger partial charge < -0.3 is 9.97 Å². The van der Waals surface area contributed by atoms with Crippen LogP contribution in [0.2, 0.25) is 0 Å². The van der Waals surface area contributed by atoms with E-state index in [4.69, 9.17) is 0 Å². The molecule has 2 N–H and O–H groups in total. The van der Waals surface area contributed by atoms with Crippen molar-refractivity contribution >= 4 is 11.0 Å². The number of fused-ring (bicyclic) bond motifs is 1. The number of aromatic amines is 2. The fourth-order valence-electron chi connectivity index (χ4n) is 1.90. The smallest absolute Gasteiger partial charge is 0.275 e. The predicted octanol–water partition coefficient (Wildman–Crippen LogP) is 2.48. The van der Waals surface area contributed by atoms with Gasteiger partial charge in [-0.2, -0.15) is 0 Å². The maximum Gasteiger partial charge on any atom is 0.275 e. The summed E-state index contributed by atoms with van der Waals surface area (Å²) >= 11 is 0. The normalized spacial score (nSPS) is 12.4. The second kappa shape index (κ2) is 5.31. The van der Waals surface area contributed by atoms with Crippen LogP contribution < -0.4 is 5.56 Å². The van der Waals surface area contributed by atoms with E-state index in [0.29, 0.717) is 11.9 Å². The van der Waals surface area contributed by atoms with Crippen molar-refractivity contribution in [3.05, 3.63) is 64.9 Å². The molecule has 0 saturated heterocycles. The molecule has 0 bridgehead atoms. The minimum atomic E-state index is -0.147. The summed E-state index contributed by atoms with van der Waals surface area (Å²) in [6, 6.07) is 0. The zero-order valence-electron chi connectivity index (χ0n) is 10.2. The lowest BCUT2D eigenvalue weighted by Gasteiger charge is -1.99. The topological polar surface area (TPSA) is 61.5 Å². The highest BCUT2D eigenvalue weighted by atomic mass is 16.1. The second-order valence-corrected chi connectivity index (χ2v) is 3.92. The van der Waals surface area contributed by atoms with Crippen LogP contribution in [-0.2, 0) is 6.42 Å². The molecule has 92 valence electrons. The van der Waals surface area contributed by atoms with Gasteiger partial charge in [-0.1, -0.05) is 30.9 Å². The fraction of sp³-hybridized carbons (Fsp3) is 0.143. The van der Waals surface area contributed by atoms with Gasteiger partial charge in [0.1, 0.15) is 5.52 Å². The zero-order valence-corrected chi connectivity index (χ0v) is 10.2. The van der Waals surface area contributed by atoms with Crippen molar-refractivity contribution in [2.24, 2.45) is 0 Å². The van der Waals surface area contributed by atoms with E-state index < -0.39 is 0 Å². The largest absolute Gasteiger partial charge is 0.355 e. The van der Waals surface area contributed by atoms with Crippen LogP contribution in [0.15, 0.2) is 53.8 Å². The van der Waals surface area contributed by atoms with Gasteiger partial charge in [-0.15, -0.1) is 0 Å². The van der Waals surface area contributed by atoms with Gasteiger partial charge in [0, 0.05) is 18.2 Å². The lowest BCUT2D eigenvalue weighted by Crippen LogP contribution is -2.05. The van der Waals surface area contributed by atoms with E-state index in [1.54, 1.807) is 6.08 Å². The fourth-order valence-corrected chi connectivity index (χ4v) is 1.90. The van der Waals surface area contributed by atoms with Crippen LogP contribution in [0, 0.1) is 0 Å². The Morgan fingerprint density at radius 1 is 1.50 bits per heavy atom. The van der Waals surface area contributed by atoms with Crippen molar-refractivity contribution < 1.29 is 0 Å². The Hall–Kier alpha value is -2.36. The first-order valence-electron chi connectivity index (χ1n) is 5.74. The van der Waals surface area contributed by atoms with Crippen molar-refractivity contribution in [1.29, 1.82) is 0 Å². The molecule has 0 fully saturated rings. The van der Waals surface area contributed by atoms with Crippen LogP contribution in [-0.4, -0.2) is 15.0 Å². The molecule has 0 atom stereocenters. The first-order valence-corrected chi connectivity index (χ1v) is 5.74. The van der Waals surface area contributed by atoms with Crippen LogP contribution >= 0.6 is 0 Å². The average Bonchev–Trinajstić information content (AvgIpc) is 2.75. The maximum atomic E-state index is 11.6. The Bertz CT molecular complexity index is 674. The Balaban J connectivity index is 2.43. The number of hydrogen-bond acceptors (Lipinski definition) is 2. The van der Waals surface area contributed by atoms with E-state index in [9.17, 15) is 4.79 Å². The molecule has 2 aromatic heterocycles. The molecule has 0 saturated carbocycles. The Morgan fingerprint density at radius 3 is 3.06 bits per heavy atom.